The van der Waals surface area contributed by atoms with Crippen LogP contribution in [0.4, 0.5) is 0 Å². The van der Waals surface area contributed by atoms with Crippen molar-refractivity contribution >= 4 is 5.91 Å². The predicted octanol–water partition coefficient (Wildman–Crippen LogP) is 0.879. The average Bonchev–Trinajstić information content (AvgIpc) is 3.10. The highest BCUT2D eigenvalue weighted by molar-refractivity contribution is 5.78. The van der Waals surface area contributed by atoms with E-state index >= 15 is 0 Å². The molecule has 0 aromatic carbocycles. The number of piperidine rings is 1. The molecule has 128 valence electrons. The van der Waals surface area contributed by atoms with Gasteiger partial charge in [0.15, 0.2) is 0 Å². The molecule has 7 heteroatoms. The minimum Gasteiger partial charge on any atom is -0.382 e. The van der Waals surface area contributed by atoms with E-state index in [4.69, 9.17) is 0 Å². The van der Waals surface area contributed by atoms with E-state index in [0.717, 1.165) is 25.8 Å². The van der Waals surface area contributed by atoms with Crippen LogP contribution in [0.25, 0.3) is 0 Å². The first-order chi connectivity index (χ1) is 11.1. The molecule has 1 saturated heterocycles. The van der Waals surface area contributed by atoms with Crippen molar-refractivity contribution in [2.75, 3.05) is 26.7 Å². The number of rotatable bonds is 4. The molecule has 1 amide bonds. The van der Waals surface area contributed by atoms with E-state index in [1.54, 1.807) is 6.20 Å². The monoisotopic (exact) mass is 321 g/mol. The Morgan fingerprint density at radius 2 is 2.22 bits per heavy atom. The van der Waals surface area contributed by atoms with Crippen molar-refractivity contribution in [3.05, 3.63) is 11.9 Å². The van der Waals surface area contributed by atoms with Crippen molar-refractivity contribution in [2.24, 2.45) is 0 Å². The molecule has 0 radical (unpaired) electrons. The smallest absolute Gasteiger partial charge is 0.236 e. The maximum absolute atomic E-state index is 12.6. The lowest BCUT2D eigenvalue weighted by Gasteiger charge is -2.39. The van der Waals surface area contributed by atoms with Crippen LogP contribution >= 0.6 is 0 Å². The highest BCUT2D eigenvalue weighted by Gasteiger charge is 2.38. The molecular formula is C16H27N5O2. The molecule has 1 aromatic rings. The van der Waals surface area contributed by atoms with Gasteiger partial charge in [0.25, 0.3) is 0 Å². The molecule has 2 N–H and O–H groups in total. The second kappa shape index (κ2) is 6.97. The number of likely N-dealkylation sites (N-methyl/N-ethyl adjacent to an activating group) is 1. The van der Waals surface area contributed by atoms with E-state index in [0.29, 0.717) is 31.2 Å². The van der Waals surface area contributed by atoms with Crippen LogP contribution in [-0.2, 0) is 10.4 Å². The Labute approximate surface area is 137 Å². The van der Waals surface area contributed by atoms with E-state index in [1.807, 2.05) is 16.8 Å². The van der Waals surface area contributed by atoms with Gasteiger partial charge >= 0.3 is 0 Å². The third-order valence-electron chi connectivity index (χ3n) is 5.32. The maximum atomic E-state index is 12.6. The van der Waals surface area contributed by atoms with Crippen LogP contribution in [0.5, 0.6) is 0 Å². The van der Waals surface area contributed by atoms with Crippen molar-refractivity contribution in [1.29, 1.82) is 0 Å². The number of amides is 1. The summed E-state index contributed by atoms with van der Waals surface area (Å²) in [7, 11) is 1.92. The summed E-state index contributed by atoms with van der Waals surface area (Å²) in [5.41, 5.74) is -0.440. The Hall–Kier alpha value is -1.47. The van der Waals surface area contributed by atoms with Gasteiger partial charge in [-0.3, -0.25) is 9.69 Å². The summed E-state index contributed by atoms with van der Waals surface area (Å²) in [5, 5.41) is 21.2. The summed E-state index contributed by atoms with van der Waals surface area (Å²) >= 11 is 0. The molecule has 2 fully saturated rings. The highest BCUT2D eigenvalue weighted by Crippen LogP contribution is 2.29. The number of nitrogens with one attached hydrogen (secondary N) is 1. The maximum Gasteiger partial charge on any atom is 0.236 e. The van der Waals surface area contributed by atoms with E-state index in [-0.39, 0.29) is 5.91 Å². The van der Waals surface area contributed by atoms with E-state index in [1.165, 1.54) is 19.3 Å². The molecule has 1 atom stereocenters. The molecule has 3 rings (SSSR count). The number of aliphatic hydroxyl groups is 1. The van der Waals surface area contributed by atoms with E-state index in [9.17, 15) is 9.90 Å². The third-order valence-corrected chi connectivity index (χ3v) is 5.32. The summed E-state index contributed by atoms with van der Waals surface area (Å²) in [6, 6.07) is 0.385. The number of nitrogens with zero attached hydrogens (tertiary/aromatic N) is 4. The van der Waals surface area contributed by atoms with Crippen LogP contribution in [0.2, 0.25) is 0 Å². The molecule has 0 unspecified atom stereocenters. The van der Waals surface area contributed by atoms with E-state index in [2.05, 4.69) is 15.4 Å². The fourth-order valence-corrected chi connectivity index (χ4v) is 3.87. The Morgan fingerprint density at radius 1 is 1.43 bits per heavy atom. The van der Waals surface area contributed by atoms with Gasteiger partial charge in [0, 0.05) is 19.6 Å². The molecule has 1 aliphatic carbocycles. The zero-order valence-electron chi connectivity index (χ0n) is 13.9. The molecule has 0 spiro atoms. The fraction of sp³-hybridized carbons (Fsp3) is 0.812. The first kappa shape index (κ1) is 16.4. The van der Waals surface area contributed by atoms with Crippen LogP contribution in [-0.4, -0.2) is 68.9 Å². The largest absolute Gasteiger partial charge is 0.382 e. The number of carbonyl (C=O) groups is 1. The lowest BCUT2D eigenvalue weighted by Crippen LogP contribution is -2.51. The molecule has 23 heavy (non-hydrogen) atoms. The number of β-amino-alcohol motifs (C(OH)–C–C–N with tert-alkyl or cyclic N) is 1. The number of likely N-dealkylation sites (tertiary alicyclic amines) is 1. The van der Waals surface area contributed by atoms with Gasteiger partial charge in [0.2, 0.25) is 5.91 Å². The Balaban J connectivity index is 1.57. The van der Waals surface area contributed by atoms with Crippen molar-refractivity contribution in [3.8, 4) is 0 Å². The molecule has 0 bridgehead atoms. The number of carbonyl (C=O) groups excluding carboxylic acids is 1. The minimum absolute atomic E-state index is 0.154. The predicted molar refractivity (Wildman–Crippen MR) is 85.6 cm³/mol. The Morgan fingerprint density at radius 3 is 2.91 bits per heavy atom. The van der Waals surface area contributed by atoms with Gasteiger partial charge < -0.3 is 10.0 Å². The molecular weight excluding hydrogens is 294 g/mol. The average molecular weight is 321 g/mol. The molecule has 7 nitrogen and oxygen atoms in total. The summed E-state index contributed by atoms with van der Waals surface area (Å²) in [4.78, 5) is 16.5. The van der Waals surface area contributed by atoms with Gasteiger partial charge in [-0.05, 0) is 32.2 Å². The van der Waals surface area contributed by atoms with Crippen LogP contribution in [0.15, 0.2) is 6.20 Å². The summed E-state index contributed by atoms with van der Waals surface area (Å²) in [6.07, 6.45) is 9.04. The van der Waals surface area contributed by atoms with Gasteiger partial charge in [0.1, 0.15) is 11.3 Å². The van der Waals surface area contributed by atoms with Crippen molar-refractivity contribution in [1.82, 2.24) is 25.2 Å². The van der Waals surface area contributed by atoms with Crippen LogP contribution in [0.3, 0.4) is 0 Å². The van der Waals surface area contributed by atoms with Crippen LogP contribution < -0.4 is 0 Å². The first-order valence-electron chi connectivity index (χ1n) is 8.65. The van der Waals surface area contributed by atoms with Crippen molar-refractivity contribution < 1.29 is 9.90 Å². The van der Waals surface area contributed by atoms with Gasteiger partial charge in [-0.1, -0.05) is 19.3 Å². The molecule has 1 aromatic heterocycles. The zero-order chi connectivity index (χ0) is 16.3. The lowest BCUT2D eigenvalue weighted by atomic mass is 9.90. The fourth-order valence-electron chi connectivity index (χ4n) is 3.87. The second-order valence-electron chi connectivity index (χ2n) is 7.00. The summed E-state index contributed by atoms with van der Waals surface area (Å²) in [6.45, 7) is 1.64. The van der Waals surface area contributed by atoms with Gasteiger partial charge in [-0.25, -0.2) is 0 Å². The standard InChI is InChI=1S/C16H27N5O2/c1-20(13-6-3-2-4-7-13)15(22)11-21-9-5-8-16(23,12-21)14-10-17-19-18-14/h10,13,23H,2-9,11-12H2,1H3,(H,17,18,19)/t16-/m1/s1. The third kappa shape index (κ3) is 3.72. The molecule has 1 saturated carbocycles. The van der Waals surface area contributed by atoms with Gasteiger partial charge in [0.05, 0.1) is 12.7 Å². The Kier molecular flexibility index (Phi) is 4.96. The quantitative estimate of drug-likeness (QED) is 0.860. The number of aromatic amines is 1. The van der Waals surface area contributed by atoms with Crippen molar-refractivity contribution in [3.63, 3.8) is 0 Å². The minimum atomic E-state index is -1.01. The summed E-state index contributed by atoms with van der Waals surface area (Å²) in [5.74, 6) is 0.154. The topological polar surface area (TPSA) is 85.4 Å². The van der Waals surface area contributed by atoms with Crippen LogP contribution in [0, 0.1) is 0 Å². The lowest BCUT2D eigenvalue weighted by molar-refractivity contribution is -0.135. The molecule has 2 heterocycles. The highest BCUT2D eigenvalue weighted by atomic mass is 16.3. The first-order valence-corrected chi connectivity index (χ1v) is 8.65. The number of hydrogen-bond donors (Lipinski definition) is 2. The van der Waals surface area contributed by atoms with E-state index < -0.39 is 5.60 Å². The Bertz CT molecular complexity index is 515. The second-order valence-corrected chi connectivity index (χ2v) is 7.00. The summed E-state index contributed by atoms with van der Waals surface area (Å²) < 4.78 is 0. The van der Waals surface area contributed by atoms with Crippen molar-refractivity contribution in [2.45, 2.75) is 56.6 Å². The normalized spacial score (nSPS) is 27.0. The zero-order valence-corrected chi connectivity index (χ0v) is 13.9. The van der Waals surface area contributed by atoms with Gasteiger partial charge in [-0.2, -0.15) is 15.4 Å². The number of hydrogen-bond acceptors (Lipinski definition) is 5. The van der Waals surface area contributed by atoms with Crippen LogP contribution in [0.1, 0.15) is 50.6 Å². The molecule has 1 aliphatic heterocycles. The SMILES string of the molecule is CN(C(=O)CN1CCC[C@](O)(c2cn[nH]n2)C1)C1CCCCC1. The van der Waals surface area contributed by atoms with Gasteiger partial charge in [-0.15, -0.1) is 0 Å². The molecule has 2 aliphatic rings. The number of H-pyrrole nitrogens is 1. The number of aromatic nitrogens is 3.